The van der Waals surface area contributed by atoms with Gasteiger partial charge in [0.15, 0.2) is 5.11 Å². The van der Waals surface area contributed by atoms with E-state index in [1.54, 1.807) is 72.7 Å². The molecule has 0 radical (unpaired) electrons. The van der Waals surface area contributed by atoms with E-state index in [4.69, 9.17) is 21.7 Å². The summed E-state index contributed by atoms with van der Waals surface area (Å²) in [4.78, 5) is 30.8. The molecule has 0 bridgehead atoms. The van der Waals surface area contributed by atoms with Crippen molar-refractivity contribution >= 4 is 34.9 Å². The van der Waals surface area contributed by atoms with Crippen LogP contribution in [0.15, 0.2) is 73.1 Å². The first kappa shape index (κ1) is 25.8. The van der Waals surface area contributed by atoms with Gasteiger partial charge in [-0.3, -0.25) is 15.1 Å². The fourth-order valence-corrected chi connectivity index (χ4v) is 3.48. The minimum Gasteiger partial charge on any atom is -0.494 e. The highest BCUT2D eigenvalue weighted by atomic mass is 32.1. The van der Waals surface area contributed by atoms with Crippen LogP contribution in [0.5, 0.6) is 5.75 Å². The highest BCUT2D eigenvalue weighted by Crippen LogP contribution is 2.20. The molecule has 182 valence electrons. The van der Waals surface area contributed by atoms with Crippen molar-refractivity contribution in [3.8, 4) is 5.75 Å². The normalized spacial score (nSPS) is 10.3. The van der Waals surface area contributed by atoms with Crippen LogP contribution in [-0.2, 0) is 11.3 Å². The van der Waals surface area contributed by atoms with E-state index >= 15 is 0 Å². The van der Waals surface area contributed by atoms with E-state index in [1.807, 2.05) is 12.1 Å². The Hall–Kier alpha value is -3.78. The van der Waals surface area contributed by atoms with E-state index in [2.05, 4.69) is 17.2 Å². The second kappa shape index (κ2) is 13.2. The summed E-state index contributed by atoms with van der Waals surface area (Å²) in [6.45, 7) is 5.19. The third kappa shape index (κ3) is 7.61. The van der Waals surface area contributed by atoms with Crippen LogP contribution in [0.2, 0.25) is 0 Å². The van der Waals surface area contributed by atoms with Gasteiger partial charge in [0.05, 0.1) is 25.3 Å². The maximum atomic E-state index is 12.9. The molecule has 1 amide bonds. The number of rotatable bonds is 10. The zero-order valence-electron chi connectivity index (χ0n) is 19.9. The number of carbonyl (C=O) groups is 2. The summed E-state index contributed by atoms with van der Waals surface area (Å²) in [6, 6.07) is 17.6. The molecule has 35 heavy (non-hydrogen) atoms. The summed E-state index contributed by atoms with van der Waals surface area (Å²) in [5.74, 6) is 0.00256. The lowest BCUT2D eigenvalue weighted by Gasteiger charge is -2.26. The molecule has 0 spiro atoms. The summed E-state index contributed by atoms with van der Waals surface area (Å²) < 4.78 is 10.7. The molecule has 8 heteroatoms. The van der Waals surface area contributed by atoms with Gasteiger partial charge in [-0.25, -0.2) is 4.79 Å². The Kier molecular flexibility index (Phi) is 9.74. The number of unbranched alkanes of at least 4 members (excludes halogenated alkanes) is 1. The first-order valence-corrected chi connectivity index (χ1v) is 11.9. The Morgan fingerprint density at radius 3 is 2.34 bits per heavy atom. The number of aromatic nitrogens is 1. The third-order valence-corrected chi connectivity index (χ3v) is 5.42. The number of anilines is 1. The second-order valence-electron chi connectivity index (χ2n) is 7.70. The Bertz CT molecular complexity index is 1120. The first-order valence-electron chi connectivity index (χ1n) is 11.5. The number of esters is 1. The summed E-state index contributed by atoms with van der Waals surface area (Å²) in [7, 11) is 0. The number of amides is 1. The Balaban J connectivity index is 1.75. The van der Waals surface area contributed by atoms with Gasteiger partial charge in [-0.1, -0.05) is 19.4 Å². The Labute approximate surface area is 211 Å². The number of hydrogen-bond acceptors (Lipinski definition) is 6. The molecule has 0 saturated heterocycles. The number of pyridine rings is 1. The van der Waals surface area contributed by atoms with Crippen molar-refractivity contribution in [1.29, 1.82) is 0 Å². The molecular formula is C27H29N3O4S. The average molecular weight is 492 g/mol. The minimum atomic E-state index is -0.393. The number of ether oxygens (including phenoxy) is 2. The van der Waals surface area contributed by atoms with E-state index in [9.17, 15) is 9.59 Å². The molecule has 1 aromatic heterocycles. The van der Waals surface area contributed by atoms with Crippen molar-refractivity contribution in [2.75, 3.05) is 18.1 Å². The van der Waals surface area contributed by atoms with Gasteiger partial charge in [0.2, 0.25) is 0 Å². The molecule has 0 aliphatic rings. The number of hydrogen-bond donors (Lipinski definition) is 1. The lowest BCUT2D eigenvalue weighted by molar-refractivity contribution is 0.0526. The number of carbonyl (C=O) groups excluding carboxylic acids is 2. The predicted octanol–water partition coefficient (Wildman–Crippen LogP) is 5.16. The molecule has 3 aromatic rings. The molecule has 1 N–H and O–H groups in total. The van der Waals surface area contributed by atoms with Crippen LogP contribution in [0, 0.1) is 0 Å². The quantitative estimate of drug-likeness (QED) is 0.238. The van der Waals surface area contributed by atoms with Gasteiger partial charge >= 0.3 is 5.97 Å². The van der Waals surface area contributed by atoms with E-state index in [0.717, 1.165) is 24.2 Å². The first-order chi connectivity index (χ1) is 17.0. The molecular weight excluding hydrogens is 462 g/mol. The van der Waals surface area contributed by atoms with Crippen LogP contribution in [0.25, 0.3) is 0 Å². The molecule has 0 aliphatic carbocycles. The third-order valence-electron chi connectivity index (χ3n) is 5.10. The number of thiocarbonyl (C=S) groups is 1. The van der Waals surface area contributed by atoms with Crippen molar-refractivity contribution in [2.45, 2.75) is 33.2 Å². The van der Waals surface area contributed by atoms with Crippen LogP contribution in [-0.4, -0.2) is 35.2 Å². The van der Waals surface area contributed by atoms with Crippen LogP contribution < -0.4 is 15.0 Å². The summed E-state index contributed by atoms with van der Waals surface area (Å²) >= 11 is 5.61. The van der Waals surface area contributed by atoms with E-state index in [-0.39, 0.29) is 11.0 Å². The minimum absolute atomic E-state index is 0.228. The topological polar surface area (TPSA) is 80.8 Å². The monoisotopic (exact) mass is 491 g/mol. The zero-order valence-corrected chi connectivity index (χ0v) is 20.7. The fourth-order valence-electron chi connectivity index (χ4n) is 3.22. The average Bonchev–Trinajstić information content (AvgIpc) is 2.88. The smallest absolute Gasteiger partial charge is 0.338 e. The molecule has 3 rings (SSSR count). The van der Waals surface area contributed by atoms with Crippen LogP contribution in [0.1, 0.15) is 53.0 Å². The molecule has 0 fully saturated rings. The summed E-state index contributed by atoms with van der Waals surface area (Å²) in [5.41, 5.74) is 2.53. The fraction of sp³-hybridized carbons (Fsp3) is 0.259. The van der Waals surface area contributed by atoms with Gasteiger partial charge in [-0.2, -0.15) is 0 Å². The van der Waals surface area contributed by atoms with Crippen LogP contribution in [0.4, 0.5) is 5.69 Å². The van der Waals surface area contributed by atoms with E-state index in [1.165, 1.54) is 0 Å². The van der Waals surface area contributed by atoms with Gasteiger partial charge in [-0.05, 0) is 85.7 Å². The van der Waals surface area contributed by atoms with Gasteiger partial charge in [0.1, 0.15) is 5.75 Å². The summed E-state index contributed by atoms with van der Waals surface area (Å²) in [6.07, 6.45) is 5.46. The molecule has 0 atom stereocenters. The molecule has 0 aliphatic heterocycles. The van der Waals surface area contributed by atoms with Crippen LogP contribution >= 0.6 is 12.2 Å². The lowest BCUT2D eigenvalue weighted by atomic mass is 10.2. The van der Waals surface area contributed by atoms with Gasteiger partial charge in [0, 0.05) is 23.6 Å². The van der Waals surface area contributed by atoms with Crippen molar-refractivity contribution in [3.63, 3.8) is 0 Å². The van der Waals surface area contributed by atoms with Gasteiger partial charge in [-0.15, -0.1) is 0 Å². The van der Waals surface area contributed by atoms with Crippen molar-refractivity contribution in [3.05, 3.63) is 89.7 Å². The van der Waals surface area contributed by atoms with Crippen molar-refractivity contribution in [1.82, 2.24) is 10.3 Å². The molecule has 1 heterocycles. The van der Waals surface area contributed by atoms with Gasteiger partial charge < -0.3 is 14.4 Å². The largest absolute Gasteiger partial charge is 0.494 e. The van der Waals surface area contributed by atoms with Crippen LogP contribution in [0.3, 0.4) is 0 Å². The maximum Gasteiger partial charge on any atom is 0.338 e. The molecule has 7 nitrogen and oxygen atoms in total. The predicted molar refractivity (Wildman–Crippen MR) is 140 cm³/mol. The Morgan fingerprint density at radius 2 is 1.71 bits per heavy atom. The van der Waals surface area contributed by atoms with Crippen molar-refractivity contribution in [2.24, 2.45) is 0 Å². The SMILES string of the molecule is CCCCOc1ccc(C(=O)NC(=S)N(Cc2cccnc2)c2ccc(C(=O)OCC)cc2)cc1. The highest BCUT2D eigenvalue weighted by molar-refractivity contribution is 7.80. The molecule has 2 aromatic carbocycles. The van der Waals surface area contributed by atoms with E-state index < -0.39 is 5.97 Å². The second-order valence-corrected chi connectivity index (χ2v) is 8.09. The summed E-state index contributed by atoms with van der Waals surface area (Å²) in [5, 5.41) is 3.04. The standard InChI is InChI=1S/C27H29N3O4S/c1-3-5-17-34-24-14-10-21(11-15-24)25(31)29-27(35)30(19-20-7-6-16-28-18-20)23-12-8-22(9-13-23)26(32)33-4-2/h6-16,18H,3-5,17,19H2,1-2H3,(H,29,31,35). The molecule has 0 saturated carbocycles. The maximum absolute atomic E-state index is 12.9. The number of nitrogens with one attached hydrogen (secondary N) is 1. The number of benzene rings is 2. The van der Waals surface area contributed by atoms with Crippen molar-refractivity contribution < 1.29 is 19.1 Å². The Morgan fingerprint density at radius 1 is 1.00 bits per heavy atom. The van der Waals surface area contributed by atoms with E-state index in [0.29, 0.717) is 36.6 Å². The molecule has 0 unspecified atom stereocenters. The number of nitrogens with zero attached hydrogens (tertiary/aromatic N) is 2. The highest BCUT2D eigenvalue weighted by Gasteiger charge is 2.18. The zero-order chi connectivity index (χ0) is 25.0. The lowest BCUT2D eigenvalue weighted by Crippen LogP contribution is -2.42. The van der Waals surface area contributed by atoms with Gasteiger partial charge in [0.25, 0.3) is 5.91 Å².